The fourth-order valence-corrected chi connectivity index (χ4v) is 10.1. The van der Waals surface area contributed by atoms with Gasteiger partial charge in [-0.15, -0.1) is 0 Å². The number of nitrogens with zero attached hydrogens (tertiary/aromatic N) is 3. The molecule has 11 aromatic rings. The highest BCUT2D eigenvalue weighted by Crippen LogP contribution is 2.46. The molecular formula is C58H37N3. The first-order valence-corrected chi connectivity index (χ1v) is 21.2. The summed E-state index contributed by atoms with van der Waals surface area (Å²) in [5.74, 6) is 1.26. The van der Waals surface area contributed by atoms with E-state index in [1.807, 2.05) is 0 Å². The standard InChI is InChI=1S/C58H37N3/c1-4-14-39-31-44(24-21-36(39)11-1)55-47-17-7-8-18-48(47)56(45-25-22-37-12-2-5-15-40(37)32-45)51-34-42(27-29-49(51)55)43-28-30-50-53(35-43)60-57(46-26-23-38-13-3-6-16-41(38)33-46)61-54-20-10-9-19-52(54)59-58(50)61/h1-15,17-35,41H,16H2. The van der Waals surface area contributed by atoms with Crippen LogP contribution in [0.25, 0.3) is 110 Å². The van der Waals surface area contributed by atoms with Crippen LogP contribution in [0.1, 0.15) is 12.2 Å². The predicted octanol–water partition coefficient (Wildman–Crippen LogP) is 15.1. The fraction of sp³-hybridized carbons (Fsp3) is 0.0345. The van der Waals surface area contributed by atoms with Gasteiger partial charge < -0.3 is 0 Å². The monoisotopic (exact) mass is 775 g/mol. The molecule has 3 nitrogen and oxygen atoms in total. The highest BCUT2D eigenvalue weighted by Gasteiger charge is 2.22. The molecule has 2 aliphatic carbocycles. The minimum atomic E-state index is 0.337. The van der Waals surface area contributed by atoms with Crippen LogP contribution in [0.4, 0.5) is 0 Å². The molecule has 1 atom stereocenters. The second-order valence-electron chi connectivity index (χ2n) is 16.5. The number of benzene rings is 9. The van der Waals surface area contributed by atoms with Crippen LogP contribution >= 0.6 is 0 Å². The number of fused-ring (bicyclic) bond motifs is 10. The van der Waals surface area contributed by atoms with Gasteiger partial charge in [0.05, 0.1) is 16.6 Å². The van der Waals surface area contributed by atoms with Crippen molar-refractivity contribution in [3.63, 3.8) is 0 Å². The largest absolute Gasteiger partial charge is 0.276 e. The topological polar surface area (TPSA) is 30.2 Å². The van der Waals surface area contributed by atoms with E-state index in [9.17, 15) is 0 Å². The number of hydrogen-bond donors (Lipinski definition) is 0. The summed E-state index contributed by atoms with van der Waals surface area (Å²) in [5.41, 5.74) is 13.5. The zero-order chi connectivity index (χ0) is 40.0. The molecule has 0 amide bonds. The molecule has 2 heterocycles. The van der Waals surface area contributed by atoms with Crippen LogP contribution in [-0.4, -0.2) is 14.4 Å². The first-order chi connectivity index (χ1) is 30.2. The Kier molecular flexibility index (Phi) is 7.43. The van der Waals surface area contributed by atoms with Crippen LogP contribution in [0.5, 0.6) is 0 Å². The second-order valence-corrected chi connectivity index (χ2v) is 16.5. The summed E-state index contributed by atoms with van der Waals surface area (Å²) in [6, 6.07) is 62.3. The molecule has 2 aromatic heterocycles. The van der Waals surface area contributed by atoms with Crippen LogP contribution in [-0.2, 0) is 0 Å². The normalized spacial score (nSPS) is 15.0. The molecule has 1 unspecified atom stereocenters. The predicted molar refractivity (Wildman–Crippen MR) is 257 cm³/mol. The Morgan fingerprint density at radius 2 is 1.07 bits per heavy atom. The minimum absolute atomic E-state index is 0.337. The maximum Gasteiger partial charge on any atom is 0.149 e. The van der Waals surface area contributed by atoms with Gasteiger partial charge in [-0.25, -0.2) is 9.97 Å². The third-order valence-corrected chi connectivity index (χ3v) is 13.0. The molecule has 0 saturated heterocycles. The average molecular weight is 776 g/mol. The van der Waals surface area contributed by atoms with Gasteiger partial charge >= 0.3 is 0 Å². The van der Waals surface area contributed by atoms with Crippen molar-refractivity contribution in [2.75, 3.05) is 0 Å². The van der Waals surface area contributed by atoms with Gasteiger partial charge in [0.25, 0.3) is 0 Å². The molecule has 0 N–H and O–H groups in total. The molecule has 3 heteroatoms. The number of rotatable bonds is 4. The van der Waals surface area contributed by atoms with Crippen molar-refractivity contribution in [3.8, 4) is 33.4 Å². The molecule has 13 rings (SSSR count). The molecule has 0 spiro atoms. The number of hydrogen-bond acceptors (Lipinski definition) is 2. The summed E-state index contributed by atoms with van der Waals surface area (Å²) < 4.78 is 2.26. The lowest BCUT2D eigenvalue weighted by molar-refractivity contribution is 0.781. The molecule has 0 fully saturated rings. The van der Waals surface area contributed by atoms with Gasteiger partial charge in [-0.2, -0.15) is 0 Å². The maximum absolute atomic E-state index is 5.52. The Hall–Kier alpha value is -7.88. The van der Waals surface area contributed by atoms with E-state index < -0.39 is 0 Å². The summed E-state index contributed by atoms with van der Waals surface area (Å²) in [5, 5.41) is 10.9. The Morgan fingerprint density at radius 1 is 0.459 bits per heavy atom. The molecule has 61 heavy (non-hydrogen) atoms. The van der Waals surface area contributed by atoms with E-state index in [1.54, 1.807) is 0 Å². The van der Waals surface area contributed by atoms with Crippen LogP contribution in [0, 0.1) is 5.92 Å². The van der Waals surface area contributed by atoms with Crippen molar-refractivity contribution in [2.24, 2.45) is 5.92 Å². The zero-order valence-corrected chi connectivity index (χ0v) is 33.3. The van der Waals surface area contributed by atoms with E-state index in [1.165, 1.54) is 70.9 Å². The summed E-state index contributed by atoms with van der Waals surface area (Å²) in [4.78, 5) is 10.7. The number of allylic oxidation sites excluding steroid dienone is 8. The van der Waals surface area contributed by atoms with Crippen molar-refractivity contribution in [1.29, 1.82) is 0 Å². The number of para-hydroxylation sites is 2. The molecule has 0 aliphatic heterocycles. The Morgan fingerprint density at radius 3 is 1.82 bits per heavy atom. The Bertz CT molecular complexity index is 3800. The van der Waals surface area contributed by atoms with E-state index in [-0.39, 0.29) is 0 Å². The highest BCUT2D eigenvalue weighted by molar-refractivity contribution is 6.22. The van der Waals surface area contributed by atoms with Crippen molar-refractivity contribution < 1.29 is 0 Å². The number of imidazole rings is 1. The average Bonchev–Trinajstić information content (AvgIpc) is 3.72. The first kappa shape index (κ1) is 34.0. The van der Waals surface area contributed by atoms with E-state index >= 15 is 0 Å². The third kappa shape index (κ3) is 5.37. The molecule has 0 bridgehead atoms. The summed E-state index contributed by atoms with van der Waals surface area (Å²) in [6.45, 7) is 0. The first-order valence-electron chi connectivity index (χ1n) is 21.2. The van der Waals surface area contributed by atoms with Crippen molar-refractivity contribution in [3.05, 3.63) is 218 Å². The molecule has 9 aromatic carbocycles. The van der Waals surface area contributed by atoms with Gasteiger partial charge in [0.15, 0.2) is 0 Å². The van der Waals surface area contributed by atoms with Gasteiger partial charge in [-0.05, 0) is 131 Å². The van der Waals surface area contributed by atoms with Gasteiger partial charge in [-0.1, -0.05) is 164 Å². The van der Waals surface area contributed by atoms with Gasteiger partial charge in [0.1, 0.15) is 11.5 Å². The summed E-state index contributed by atoms with van der Waals surface area (Å²) >= 11 is 0. The molecule has 2 aliphatic rings. The van der Waals surface area contributed by atoms with Crippen LogP contribution in [0.3, 0.4) is 0 Å². The minimum Gasteiger partial charge on any atom is -0.276 e. The Labute approximate surface area is 352 Å². The third-order valence-electron chi connectivity index (χ3n) is 13.0. The van der Waals surface area contributed by atoms with Crippen molar-refractivity contribution in [1.82, 2.24) is 14.4 Å². The van der Waals surface area contributed by atoms with E-state index in [4.69, 9.17) is 9.97 Å². The van der Waals surface area contributed by atoms with E-state index in [0.29, 0.717) is 5.92 Å². The quantitative estimate of drug-likeness (QED) is 0.167. The molecule has 0 saturated carbocycles. The van der Waals surface area contributed by atoms with Gasteiger partial charge in [-0.3, -0.25) is 4.40 Å². The van der Waals surface area contributed by atoms with Crippen LogP contribution < -0.4 is 0 Å². The SMILES string of the molecule is C1=CCC2C=C(c3nc4cc(-c5ccc6c(-c7ccc8ccccc8c7)c7ccccc7c(-c7ccc8ccccc8c7)c6c5)ccc4c4nc5ccccc5n34)C=CC2=C1. The molecule has 284 valence electrons. The van der Waals surface area contributed by atoms with E-state index in [2.05, 4.69) is 211 Å². The van der Waals surface area contributed by atoms with Gasteiger partial charge in [0, 0.05) is 16.9 Å². The van der Waals surface area contributed by atoms with Crippen molar-refractivity contribution in [2.45, 2.75) is 6.42 Å². The highest BCUT2D eigenvalue weighted by atomic mass is 15.1. The summed E-state index contributed by atoms with van der Waals surface area (Å²) in [6.07, 6.45) is 14.5. The molecule has 0 radical (unpaired) electrons. The second kappa shape index (κ2) is 13.3. The zero-order valence-electron chi connectivity index (χ0n) is 33.3. The Balaban J connectivity index is 1.06. The molecular weight excluding hydrogens is 739 g/mol. The lowest BCUT2D eigenvalue weighted by atomic mass is 9.84. The lowest BCUT2D eigenvalue weighted by Crippen LogP contribution is -2.08. The lowest BCUT2D eigenvalue weighted by Gasteiger charge is -2.21. The van der Waals surface area contributed by atoms with Crippen LogP contribution in [0.2, 0.25) is 0 Å². The fourth-order valence-electron chi connectivity index (χ4n) is 10.1. The summed E-state index contributed by atoms with van der Waals surface area (Å²) in [7, 11) is 0. The van der Waals surface area contributed by atoms with Gasteiger partial charge in [0.2, 0.25) is 0 Å². The maximum atomic E-state index is 5.52. The van der Waals surface area contributed by atoms with E-state index in [0.717, 1.165) is 56.5 Å². The van der Waals surface area contributed by atoms with Crippen LogP contribution in [0.15, 0.2) is 212 Å². The smallest absolute Gasteiger partial charge is 0.149 e. The number of aromatic nitrogens is 3. The van der Waals surface area contributed by atoms with Crippen molar-refractivity contribution >= 4 is 76.2 Å².